The van der Waals surface area contributed by atoms with Crippen LogP contribution in [0, 0.1) is 0 Å². The molecule has 1 aliphatic heterocycles. The molecule has 4 rings (SSSR count). The molecule has 0 spiro atoms. The van der Waals surface area contributed by atoms with Crippen molar-refractivity contribution in [1.29, 1.82) is 0 Å². The Morgan fingerprint density at radius 3 is 2.07 bits per heavy atom. The topological polar surface area (TPSA) is 65.8 Å². The molecule has 2 aromatic carbocycles. The quantitative estimate of drug-likeness (QED) is 0.628. The molecule has 156 valence electrons. The van der Waals surface area contributed by atoms with Crippen molar-refractivity contribution in [3.8, 4) is 34.0 Å². The molecular weight excluding hydrogens is 382 g/mol. The molecule has 0 radical (unpaired) electrons. The third-order valence-corrected chi connectivity index (χ3v) is 5.23. The number of carbonyl (C=O) groups excluding carboxylic acids is 1. The van der Waals surface area contributed by atoms with Gasteiger partial charge in [0.1, 0.15) is 18.0 Å². The van der Waals surface area contributed by atoms with Crippen LogP contribution in [-0.4, -0.2) is 60.9 Å². The first-order chi connectivity index (χ1) is 14.7. The van der Waals surface area contributed by atoms with Gasteiger partial charge in [-0.3, -0.25) is 4.79 Å². The number of nitrogens with zero attached hydrogens (tertiary/aromatic N) is 3. The van der Waals surface area contributed by atoms with Crippen molar-refractivity contribution in [3.63, 3.8) is 0 Å². The number of ether oxygens (including phenoxy) is 3. The summed E-state index contributed by atoms with van der Waals surface area (Å²) in [7, 11) is 3.28. The molecule has 7 heteroatoms. The molecule has 1 aliphatic rings. The molecule has 1 amide bonds. The van der Waals surface area contributed by atoms with E-state index in [9.17, 15) is 4.79 Å². The minimum absolute atomic E-state index is 0.0618. The fraction of sp³-hybridized carbons (Fsp3) is 0.304. The van der Waals surface area contributed by atoms with E-state index in [1.165, 1.54) is 0 Å². The van der Waals surface area contributed by atoms with E-state index in [0.29, 0.717) is 26.3 Å². The van der Waals surface area contributed by atoms with Crippen molar-refractivity contribution >= 4 is 5.91 Å². The Kier molecular flexibility index (Phi) is 5.99. The minimum atomic E-state index is 0.0618. The second kappa shape index (κ2) is 9.00. The van der Waals surface area contributed by atoms with Crippen molar-refractivity contribution < 1.29 is 19.0 Å². The molecule has 3 aromatic rings. The van der Waals surface area contributed by atoms with Gasteiger partial charge in [-0.05, 0) is 48.5 Å². The second-order valence-electron chi connectivity index (χ2n) is 7.02. The van der Waals surface area contributed by atoms with Crippen molar-refractivity contribution in [3.05, 3.63) is 54.9 Å². The van der Waals surface area contributed by atoms with Crippen LogP contribution in [0.15, 0.2) is 54.9 Å². The predicted molar refractivity (Wildman–Crippen MR) is 114 cm³/mol. The zero-order valence-electron chi connectivity index (χ0n) is 17.2. The summed E-state index contributed by atoms with van der Waals surface area (Å²) in [5.74, 6) is 1.62. The van der Waals surface area contributed by atoms with E-state index in [0.717, 1.165) is 34.0 Å². The van der Waals surface area contributed by atoms with E-state index in [4.69, 9.17) is 14.2 Å². The number of imidazole rings is 1. The molecule has 0 bridgehead atoms. The standard InChI is InChI=1S/C23H25N3O4/c1-28-19-7-3-17(4-8-19)22-23(18-5-9-20(29-2)10-6-18)26(16-24-22)15-21(27)25-11-13-30-14-12-25/h3-10,16H,11-15H2,1-2H3. The van der Waals surface area contributed by atoms with Crippen LogP contribution < -0.4 is 9.47 Å². The summed E-state index contributed by atoms with van der Waals surface area (Å²) in [6, 6.07) is 15.6. The normalized spacial score (nSPS) is 13.9. The van der Waals surface area contributed by atoms with E-state index in [1.807, 2.05) is 58.0 Å². The largest absolute Gasteiger partial charge is 0.497 e. The van der Waals surface area contributed by atoms with Crippen LogP contribution in [-0.2, 0) is 16.1 Å². The molecule has 1 saturated heterocycles. The molecular formula is C23H25N3O4. The van der Waals surface area contributed by atoms with Gasteiger partial charge in [-0.25, -0.2) is 4.98 Å². The van der Waals surface area contributed by atoms with Gasteiger partial charge in [0.25, 0.3) is 0 Å². The molecule has 2 heterocycles. The maximum atomic E-state index is 12.9. The summed E-state index contributed by atoms with van der Waals surface area (Å²) in [6.45, 7) is 2.63. The number of hydrogen-bond acceptors (Lipinski definition) is 5. The molecule has 0 aliphatic carbocycles. The average Bonchev–Trinajstić information content (AvgIpc) is 3.23. The Balaban J connectivity index is 1.71. The van der Waals surface area contributed by atoms with Gasteiger partial charge in [0.15, 0.2) is 0 Å². The summed E-state index contributed by atoms with van der Waals surface area (Å²) in [6.07, 6.45) is 1.73. The van der Waals surface area contributed by atoms with Crippen LogP contribution in [0.3, 0.4) is 0 Å². The number of hydrogen-bond donors (Lipinski definition) is 0. The zero-order valence-corrected chi connectivity index (χ0v) is 17.2. The molecule has 1 aromatic heterocycles. The number of rotatable bonds is 6. The Morgan fingerprint density at radius 2 is 1.50 bits per heavy atom. The number of aromatic nitrogens is 2. The van der Waals surface area contributed by atoms with Crippen LogP contribution in [0.1, 0.15) is 0 Å². The van der Waals surface area contributed by atoms with Gasteiger partial charge in [0.05, 0.1) is 45.1 Å². The molecule has 30 heavy (non-hydrogen) atoms. The first kappa shape index (κ1) is 20.0. The highest BCUT2D eigenvalue weighted by atomic mass is 16.5. The zero-order chi connectivity index (χ0) is 20.9. The lowest BCUT2D eigenvalue weighted by atomic mass is 10.0. The van der Waals surface area contributed by atoms with Gasteiger partial charge < -0.3 is 23.7 Å². The highest BCUT2D eigenvalue weighted by Crippen LogP contribution is 2.33. The highest BCUT2D eigenvalue weighted by Gasteiger charge is 2.21. The van der Waals surface area contributed by atoms with Gasteiger partial charge in [-0.2, -0.15) is 0 Å². The third-order valence-electron chi connectivity index (χ3n) is 5.23. The van der Waals surface area contributed by atoms with Crippen molar-refractivity contribution in [2.24, 2.45) is 0 Å². The van der Waals surface area contributed by atoms with Crippen LogP contribution >= 0.6 is 0 Å². The molecule has 0 N–H and O–H groups in total. The number of methoxy groups -OCH3 is 2. The highest BCUT2D eigenvalue weighted by molar-refractivity contribution is 5.82. The molecule has 7 nitrogen and oxygen atoms in total. The predicted octanol–water partition coefficient (Wildman–Crippen LogP) is 3.09. The first-order valence-corrected chi connectivity index (χ1v) is 9.89. The van der Waals surface area contributed by atoms with E-state index >= 15 is 0 Å². The van der Waals surface area contributed by atoms with E-state index in [1.54, 1.807) is 20.5 Å². The Morgan fingerprint density at radius 1 is 0.933 bits per heavy atom. The van der Waals surface area contributed by atoms with Gasteiger partial charge in [-0.15, -0.1) is 0 Å². The summed E-state index contributed by atoms with van der Waals surface area (Å²) in [4.78, 5) is 19.4. The summed E-state index contributed by atoms with van der Waals surface area (Å²) in [5.41, 5.74) is 3.63. The minimum Gasteiger partial charge on any atom is -0.497 e. The fourth-order valence-electron chi connectivity index (χ4n) is 3.57. The van der Waals surface area contributed by atoms with Crippen LogP contribution in [0.2, 0.25) is 0 Å². The lowest BCUT2D eigenvalue weighted by Gasteiger charge is -2.27. The SMILES string of the molecule is COc1ccc(-c2ncn(CC(=O)N3CCOCC3)c2-c2ccc(OC)cc2)cc1. The van der Waals surface area contributed by atoms with Crippen LogP contribution in [0.25, 0.3) is 22.5 Å². The van der Waals surface area contributed by atoms with Crippen molar-refractivity contribution in [2.45, 2.75) is 6.54 Å². The Bertz CT molecular complexity index is 990. The fourth-order valence-corrected chi connectivity index (χ4v) is 3.57. The van der Waals surface area contributed by atoms with Crippen LogP contribution in [0.5, 0.6) is 11.5 Å². The summed E-state index contributed by atoms with van der Waals surface area (Å²) in [5, 5.41) is 0. The van der Waals surface area contributed by atoms with Gasteiger partial charge >= 0.3 is 0 Å². The number of benzene rings is 2. The first-order valence-electron chi connectivity index (χ1n) is 9.89. The molecule has 0 unspecified atom stereocenters. The smallest absolute Gasteiger partial charge is 0.242 e. The van der Waals surface area contributed by atoms with Gasteiger partial charge in [0.2, 0.25) is 5.91 Å². The monoisotopic (exact) mass is 407 g/mol. The van der Waals surface area contributed by atoms with E-state index in [2.05, 4.69) is 4.98 Å². The van der Waals surface area contributed by atoms with Crippen molar-refractivity contribution in [1.82, 2.24) is 14.5 Å². The van der Waals surface area contributed by atoms with E-state index in [-0.39, 0.29) is 12.5 Å². The third kappa shape index (κ3) is 4.16. The average molecular weight is 407 g/mol. The summed E-state index contributed by atoms with van der Waals surface area (Å²) < 4.78 is 17.8. The number of carbonyl (C=O) groups is 1. The second-order valence-corrected chi connectivity index (χ2v) is 7.02. The van der Waals surface area contributed by atoms with E-state index < -0.39 is 0 Å². The lowest BCUT2D eigenvalue weighted by Crippen LogP contribution is -2.42. The van der Waals surface area contributed by atoms with Gasteiger partial charge in [-0.1, -0.05) is 0 Å². The molecule has 1 fully saturated rings. The summed E-state index contributed by atoms with van der Waals surface area (Å²) >= 11 is 0. The Labute approximate surface area is 175 Å². The molecule has 0 saturated carbocycles. The van der Waals surface area contributed by atoms with Crippen LogP contribution in [0.4, 0.5) is 0 Å². The molecule has 0 atom stereocenters. The Hall–Kier alpha value is -3.32. The van der Waals surface area contributed by atoms with Crippen molar-refractivity contribution in [2.75, 3.05) is 40.5 Å². The maximum Gasteiger partial charge on any atom is 0.242 e. The van der Waals surface area contributed by atoms with Gasteiger partial charge in [0, 0.05) is 24.2 Å². The maximum absolute atomic E-state index is 12.9. The lowest BCUT2D eigenvalue weighted by molar-refractivity contribution is -0.135. The number of amides is 1. The number of morpholine rings is 1.